The smallest absolute Gasteiger partial charge is 0.177 e. The molecule has 1 heterocycles. The number of piperidine rings is 1. The molecule has 1 atom stereocenters. The Bertz CT molecular complexity index is 464. The Hall–Kier alpha value is -1.15. The van der Waals surface area contributed by atoms with Gasteiger partial charge in [0, 0.05) is 11.6 Å². The van der Waals surface area contributed by atoms with Gasteiger partial charge in [-0.25, -0.2) is 0 Å². The molecule has 1 aromatic rings. The fourth-order valence-corrected chi connectivity index (χ4v) is 3.32. The number of aryl methyl sites for hydroxylation is 2. The Morgan fingerprint density at radius 3 is 2.80 bits per heavy atom. The normalized spacial score (nSPS) is 20.1. The monoisotopic (exact) mass is 273 g/mol. The maximum atomic E-state index is 12.6. The SMILES string of the molecule is CCCC1CCCCN1CC(=O)c1ccc(C)cc1C. The van der Waals surface area contributed by atoms with Crippen LogP contribution in [0.5, 0.6) is 0 Å². The van der Waals surface area contributed by atoms with Crippen molar-refractivity contribution in [2.75, 3.05) is 13.1 Å². The summed E-state index contributed by atoms with van der Waals surface area (Å²) in [6, 6.07) is 6.75. The van der Waals surface area contributed by atoms with E-state index in [4.69, 9.17) is 0 Å². The van der Waals surface area contributed by atoms with Crippen molar-refractivity contribution in [1.29, 1.82) is 0 Å². The second kappa shape index (κ2) is 7.03. The first-order chi connectivity index (χ1) is 9.61. The Morgan fingerprint density at radius 1 is 1.30 bits per heavy atom. The van der Waals surface area contributed by atoms with Crippen molar-refractivity contribution in [3.8, 4) is 0 Å². The molecule has 0 N–H and O–H groups in total. The van der Waals surface area contributed by atoms with E-state index in [-0.39, 0.29) is 5.78 Å². The van der Waals surface area contributed by atoms with Crippen molar-refractivity contribution in [3.05, 3.63) is 34.9 Å². The first-order valence-electron chi connectivity index (χ1n) is 7.96. The topological polar surface area (TPSA) is 20.3 Å². The van der Waals surface area contributed by atoms with Crippen molar-refractivity contribution >= 4 is 5.78 Å². The molecule has 0 aliphatic carbocycles. The van der Waals surface area contributed by atoms with E-state index < -0.39 is 0 Å². The van der Waals surface area contributed by atoms with Crippen LogP contribution in [0.2, 0.25) is 0 Å². The summed E-state index contributed by atoms with van der Waals surface area (Å²) in [5.41, 5.74) is 3.23. The summed E-state index contributed by atoms with van der Waals surface area (Å²) in [4.78, 5) is 15.0. The zero-order valence-electron chi connectivity index (χ0n) is 13.1. The average Bonchev–Trinajstić information content (AvgIpc) is 2.41. The van der Waals surface area contributed by atoms with E-state index in [0.717, 1.165) is 17.7 Å². The van der Waals surface area contributed by atoms with Gasteiger partial charge in [-0.3, -0.25) is 9.69 Å². The summed E-state index contributed by atoms with van der Waals surface area (Å²) in [5, 5.41) is 0. The van der Waals surface area contributed by atoms with Crippen molar-refractivity contribution in [3.63, 3.8) is 0 Å². The molecule has 20 heavy (non-hydrogen) atoms. The molecule has 1 fully saturated rings. The molecule has 2 nitrogen and oxygen atoms in total. The van der Waals surface area contributed by atoms with E-state index in [2.05, 4.69) is 24.8 Å². The molecule has 0 spiro atoms. The molecule has 0 radical (unpaired) electrons. The van der Waals surface area contributed by atoms with E-state index in [1.807, 2.05) is 19.1 Å². The van der Waals surface area contributed by atoms with Gasteiger partial charge in [-0.05, 0) is 45.2 Å². The molecule has 1 aromatic carbocycles. The zero-order chi connectivity index (χ0) is 14.5. The molecular formula is C18H27NO. The van der Waals surface area contributed by atoms with Crippen LogP contribution < -0.4 is 0 Å². The van der Waals surface area contributed by atoms with Crippen molar-refractivity contribution in [2.45, 2.75) is 58.9 Å². The van der Waals surface area contributed by atoms with Gasteiger partial charge in [-0.2, -0.15) is 0 Å². The van der Waals surface area contributed by atoms with Crippen LogP contribution in [0.15, 0.2) is 18.2 Å². The van der Waals surface area contributed by atoms with Crippen LogP contribution in [0.4, 0.5) is 0 Å². The predicted molar refractivity (Wildman–Crippen MR) is 84.4 cm³/mol. The molecule has 2 rings (SSSR count). The minimum absolute atomic E-state index is 0.283. The van der Waals surface area contributed by atoms with Crippen LogP contribution in [0, 0.1) is 13.8 Å². The van der Waals surface area contributed by atoms with Crippen LogP contribution in [0.1, 0.15) is 60.5 Å². The van der Waals surface area contributed by atoms with Gasteiger partial charge in [0.05, 0.1) is 6.54 Å². The summed E-state index contributed by atoms with van der Waals surface area (Å²) in [6.45, 7) is 8.03. The Balaban J connectivity index is 2.05. The summed E-state index contributed by atoms with van der Waals surface area (Å²) in [7, 11) is 0. The number of hydrogen-bond acceptors (Lipinski definition) is 2. The van der Waals surface area contributed by atoms with E-state index in [9.17, 15) is 4.79 Å². The molecule has 1 saturated heterocycles. The number of rotatable bonds is 5. The third-order valence-corrected chi connectivity index (χ3v) is 4.40. The lowest BCUT2D eigenvalue weighted by Crippen LogP contribution is -2.42. The number of benzene rings is 1. The third kappa shape index (κ3) is 3.69. The summed E-state index contributed by atoms with van der Waals surface area (Å²) in [6.07, 6.45) is 6.24. The van der Waals surface area contributed by atoms with Crippen molar-refractivity contribution < 1.29 is 4.79 Å². The number of likely N-dealkylation sites (tertiary alicyclic amines) is 1. The summed E-state index contributed by atoms with van der Waals surface area (Å²) >= 11 is 0. The maximum absolute atomic E-state index is 12.6. The van der Waals surface area contributed by atoms with Gasteiger partial charge < -0.3 is 0 Å². The quantitative estimate of drug-likeness (QED) is 0.751. The largest absolute Gasteiger partial charge is 0.293 e. The highest BCUT2D eigenvalue weighted by atomic mass is 16.1. The third-order valence-electron chi connectivity index (χ3n) is 4.40. The van der Waals surface area contributed by atoms with Gasteiger partial charge in [-0.15, -0.1) is 0 Å². The number of carbonyl (C=O) groups is 1. The van der Waals surface area contributed by atoms with Gasteiger partial charge in [0.1, 0.15) is 0 Å². The van der Waals surface area contributed by atoms with Crippen molar-refractivity contribution in [2.24, 2.45) is 0 Å². The van der Waals surface area contributed by atoms with Gasteiger partial charge in [0.15, 0.2) is 5.78 Å². The van der Waals surface area contributed by atoms with Crippen LogP contribution in [-0.4, -0.2) is 29.8 Å². The van der Waals surface area contributed by atoms with E-state index in [0.29, 0.717) is 12.6 Å². The second-order valence-corrected chi connectivity index (χ2v) is 6.15. The summed E-state index contributed by atoms with van der Waals surface area (Å²) in [5.74, 6) is 0.283. The zero-order valence-corrected chi connectivity index (χ0v) is 13.1. The molecule has 1 unspecified atom stereocenters. The van der Waals surface area contributed by atoms with Crippen LogP contribution >= 0.6 is 0 Å². The summed E-state index contributed by atoms with van der Waals surface area (Å²) < 4.78 is 0. The fraction of sp³-hybridized carbons (Fsp3) is 0.611. The maximum Gasteiger partial charge on any atom is 0.177 e. The lowest BCUT2D eigenvalue weighted by molar-refractivity contribution is 0.0830. The highest BCUT2D eigenvalue weighted by molar-refractivity contribution is 5.99. The Labute approximate surface area is 123 Å². The van der Waals surface area contributed by atoms with Gasteiger partial charge in [0.25, 0.3) is 0 Å². The van der Waals surface area contributed by atoms with Gasteiger partial charge in [-0.1, -0.05) is 43.5 Å². The average molecular weight is 273 g/mol. The van der Waals surface area contributed by atoms with Gasteiger partial charge >= 0.3 is 0 Å². The highest BCUT2D eigenvalue weighted by Crippen LogP contribution is 2.21. The van der Waals surface area contributed by atoms with Crippen LogP contribution in [0.25, 0.3) is 0 Å². The lowest BCUT2D eigenvalue weighted by atomic mass is 9.96. The number of hydrogen-bond donors (Lipinski definition) is 0. The first kappa shape index (κ1) is 15.2. The molecular weight excluding hydrogens is 246 g/mol. The van der Waals surface area contributed by atoms with E-state index >= 15 is 0 Å². The van der Waals surface area contributed by atoms with E-state index in [1.54, 1.807) is 0 Å². The molecule has 1 aliphatic rings. The minimum atomic E-state index is 0.283. The molecule has 1 aliphatic heterocycles. The number of carbonyl (C=O) groups excluding carboxylic acids is 1. The number of Topliss-reactive ketones (excluding diaryl/α,β-unsaturated/α-hetero) is 1. The van der Waals surface area contributed by atoms with Crippen LogP contribution in [0.3, 0.4) is 0 Å². The van der Waals surface area contributed by atoms with Crippen LogP contribution in [-0.2, 0) is 0 Å². The predicted octanol–water partition coefficient (Wildman–Crippen LogP) is 4.14. The Kier molecular flexibility index (Phi) is 5.36. The van der Waals surface area contributed by atoms with Crippen molar-refractivity contribution in [1.82, 2.24) is 4.90 Å². The molecule has 110 valence electrons. The molecule has 0 amide bonds. The molecule has 0 saturated carbocycles. The standard InChI is InChI=1S/C18H27NO/c1-4-7-16-8-5-6-11-19(16)13-18(20)17-10-9-14(2)12-15(17)3/h9-10,12,16H,4-8,11,13H2,1-3H3. The lowest BCUT2D eigenvalue weighted by Gasteiger charge is -2.35. The second-order valence-electron chi connectivity index (χ2n) is 6.15. The highest BCUT2D eigenvalue weighted by Gasteiger charge is 2.24. The molecule has 0 aromatic heterocycles. The number of nitrogens with zero attached hydrogens (tertiary/aromatic N) is 1. The molecule has 0 bridgehead atoms. The fourth-order valence-electron chi connectivity index (χ4n) is 3.32. The van der Waals surface area contributed by atoms with Gasteiger partial charge in [0.2, 0.25) is 0 Å². The minimum Gasteiger partial charge on any atom is -0.293 e. The molecule has 2 heteroatoms. The van der Waals surface area contributed by atoms with E-state index in [1.165, 1.54) is 37.7 Å². The number of ketones is 1. The first-order valence-corrected chi connectivity index (χ1v) is 7.96. The Morgan fingerprint density at radius 2 is 2.10 bits per heavy atom.